The molecule has 1 aromatic rings. The van der Waals surface area contributed by atoms with Crippen LogP contribution in [0, 0.1) is 6.92 Å². The van der Waals surface area contributed by atoms with Crippen molar-refractivity contribution in [3.8, 4) is 0 Å². The molecule has 2 heteroatoms. The Hall–Kier alpha value is -0.860. The summed E-state index contributed by atoms with van der Waals surface area (Å²) in [6.45, 7) is 5.98. The third kappa shape index (κ3) is 2.14. The van der Waals surface area contributed by atoms with E-state index in [2.05, 4.69) is 43.4 Å². The Morgan fingerprint density at radius 1 is 1.43 bits per heavy atom. The predicted octanol–water partition coefficient (Wildman–Crippen LogP) is 2.04. The zero-order valence-electron chi connectivity index (χ0n) is 8.79. The highest BCUT2D eigenvalue weighted by molar-refractivity contribution is 5.24. The van der Waals surface area contributed by atoms with E-state index >= 15 is 0 Å². The normalized spacial score (nSPS) is 27.6. The lowest BCUT2D eigenvalue weighted by Crippen LogP contribution is -2.40. The largest absolute Gasteiger partial charge is 0.371 e. The summed E-state index contributed by atoms with van der Waals surface area (Å²) in [5.74, 6) is 0. The molecule has 1 aliphatic rings. The summed E-state index contributed by atoms with van der Waals surface area (Å²) in [7, 11) is 0. The van der Waals surface area contributed by atoms with Crippen LogP contribution in [-0.2, 0) is 4.74 Å². The highest BCUT2D eigenvalue weighted by atomic mass is 16.5. The van der Waals surface area contributed by atoms with Crippen molar-refractivity contribution in [3.63, 3.8) is 0 Å². The van der Waals surface area contributed by atoms with E-state index in [1.807, 2.05) is 0 Å². The second-order valence-corrected chi connectivity index (χ2v) is 4.05. The summed E-state index contributed by atoms with van der Waals surface area (Å²) >= 11 is 0. The molecule has 0 aliphatic carbocycles. The Morgan fingerprint density at radius 2 is 2.29 bits per heavy atom. The van der Waals surface area contributed by atoms with Crippen molar-refractivity contribution >= 4 is 0 Å². The number of benzene rings is 1. The zero-order chi connectivity index (χ0) is 9.97. The summed E-state index contributed by atoms with van der Waals surface area (Å²) in [4.78, 5) is 0. The molecule has 2 rings (SSSR count). The number of hydrogen-bond acceptors (Lipinski definition) is 2. The average Bonchev–Trinajstić information content (AvgIpc) is 2.19. The fourth-order valence-electron chi connectivity index (χ4n) is 1.77. The van der Waals surface area contributed by atoms with Gasteiger partial charge in [-0.25, -0.2) is 0 Å². The highest BCUT2D eigenvalue weighted by Gasteiger charge is 2.19. The summed E-state index contributed by atoms with van der Waals surface area (Å²) in [6.07, 6.45) is 0.228. The SMILES string of the molecule is Cc1cccc([C@@H]2CN[C@@H](C)CO2)c1. The van der Waals surface area contributed by atoms with Crippen LogP contribution in [0.4, 0.5) is 0 Å². The molecule has 1 aromatic carbocycles. The van der Waals surface area contributed by atoms with E-state index in [1.165, 1.54) is 11.1 Å². The van der Waals surface area contributed by atoms with Crippen LogP contribution in [0.2, 0.25) is 0 Å². The quantitative estimate of drug-likeness (QED) is 0.733. The van der Waals surface area contributed by atoms with Gasteiger partial charge < -0.3 is 10.1 Å². The predicted molar refractivity (Wildman–Crippen MR) is 57.3 cm³/mol. The number of aryl methyl sites for hydroxylation is 1. The summed E-state index contributed by atoms with van der Waals surface area (Å²) in [6, 6.07) is 9.02. The first kappa shape index (κ1) is 9.69. The van der Waals surface area contributed by atoms with Crippen molar-refractivity contribution < 1.29 is 4.74 Å². The lowest BCUT2D eigenvalue weighted by atomic mass is 10.1. The molecule has 2 atom stereocenters. The van der Waals surface area contributed by atoms with Crippen molar-refractivity contribution in [1.29, 1.82) is 0 Å². The first-order valence-corrected chi connectivity index (χ1v) is 5.17. The third-order valence-electron chi connectivity index (χ3n) is 2.61. The number of nitrogens with one attached hydrogen (secondary N) is 1. The van der Waals surface area contributed by atoms with E-state index in [9.17, 15) is 0 Å². The van der Waals surface area contributed by atoms with Crippen LogP contribution in [-0.4, -0.2) is 19.2 Å². The van der Waals surface area contributed by atoms with E-state index in [4.69, 9.17) is 4.74 Å². The van der Waals surface area contributed by atoms with Crippen molar-refractivity contribution in [3.05, 3.63) is 35.4 Å². The molecule has 0 spiro atoms. The van der Waals surface area contributed by atoms with Gasteiger partial charge in [0.25, 0.3) is 0 Å². The van der Waals surface area contributed by atoms with Gasteiger partial charge in [0.05, 0.1) is 12.7 Å². The fourth-order valence-corrected chi connectivity index (χ4v) is 1.77. The molecule has 0 aromatic heterocycles. The number of morpholine rings is 1. The van der Waals surface area contributed by atoms with Crippen LogP contribution in [0.1, 0.15) is 24.2 Å². The van der Waals surface area contributed by atoms with Crippen LogP contribution in [0.15, 0.2) is 24.3 Å². The average molecular weight is 191 g/mol. The van der Waals surface area contributed by atoms with Gasteiger partial charge in [0.2, 0.25) is 0 Å². The van der Waals surface area contributed by atoms with Crippen LogP contribution in [0.25, 0.3) is 0 Å². The maximum atomic E-state index is 5.77. The molecule has 0 radical (unpaired) electrons. The smallest absolute Gasteiger partial charge is 0.0950 e. The summed E-state index contributed by atoms with van der Waals surface area (Å²) < 4.78 is 5.77. The van der Waals surface area contributed by atoms with Crippen molar-refractivity contribution in [1.82, 2.24) is 5.32 Å². The molecule has 0 amide bonds. The van der Waals surface area contributed by atoms with Crippen LogP contribution in [0.3, 0.4) is 0 Å². The Bertz CT molecular complexity index is 303. The van der Waals surface area contributed by atoms with Crippen LogP contribution in [0.5, 0.6) is 0 Å². The molecule has 0 unspecified atom stereocenters. The fraction of sp³-hybridized carbons (Fsp3) is 0.500. The highest BCUT2D eigenvalue weighted by Crippen LogP contribution is 2.20. The molecular weight excluding hydrogens is 174 g/mol. The molecule has 0 saturated carbocycles. The molecule has 1 fully saturated rings. The van der Waals surface area contributed by atoms with Gasteiger partial charge >= 0.3 is 0 Å². The first-order valence-electron chi connectivity index (χ1n) is 5.17. The van der Waals surface area contributed by atoms with Crippen molar-refractivity contribution in [2.45, 2.75) is 26.0 Å². The first-order chi connectivity index (χ1) is 6.75. The van der Waals surface area contributed by atoms with Crippen LogP contribution < -0.4 is 5.32 Å². The van der Waals surface area contributed by atoms with E-state index in [1.54, 1.807) is 0 Å². The maximum Gasteiger partial charge on any atom is 0.0950 e. The van der Waals surface area contributed by atoms with Gasteiger partial charge in [-0.1, -0.05) is 29.8 Å². The summed E-state index contributed by atoms with van der Waals surface area (Å²) in [5.41, 5.74) is 2.58. The molecule has 2 nitrogen and oxygen atoms in total. The Labute approximate surface area is 85.3 Å². The monoisotopic (exact) mass is 191 g/mol. The van der Waals surface area contributed by atoms with E-state index in [0.29, 0.717) is 6.04 Å². The van der Waals surface area contributed by atoms with Crippen molar-refractivity contribution in [2.75, 3.05) is 13.2 Å². The minimum atomic E-state index is 0.228. The minimum absolute atomic E-state index is 0.228. The Kier molecular flexibility index (Phi) is 2.85. The minimum Gasteiger partial charge on any atom is -0.371 e. The third-order valence-corrected chi connectivity index (χ3v) is 2.61. The Balaban J connectivity index is 2.08. The maximum absolute atomic E-state index is 5.77. The van der Waals surface area contributed by atoms with Gasteiger partial charge in [-0.3, -0.25) is 0 Å². The van der Waals surface area contributed by atoms with Gasteiger partial charge in [-0.15, -0.1) is 0 Å². The molecule has 1 N–H and O–H groups in total. The molecular formula is C12H17NO. The lowest BCUT2D eigenvalue weighted by Gasteiger charge is -2.28. The van der Waals surface area contributed by atoms with Gasteiger partial charge in [-0.2, -0.15) is 0 Å². The van der Waals surface area contributed by atoms with Gasteiger partial charge in [0.1, 0.15) is 0 Å². The van der Waals surface area contributed by atoms with Gasteiger partial charge in [0.15, 0.2) is 0 Å². The Morgan fingerprint density at radius 3 is 2.93 bits per heavy atom. The second-order valence-electron chi connectivity index (χ2n) is 4.05. The molecule has 0 bridgehead atoms. The molecule has 1 aliphatic heterocycles. The second kappa shape index (κ2) is 4.11. The van der Waals surface area contributed by atoms with Gasteiger partial charge in [0, 0.05) is 12.6 Å². The van der Waals surface area contributed by atoms with Crippen LogP contribution >= 0.6 is 0 Å². The van der Waals surface area contributed by atoms with E-state index in [-0.39, 0.29) is 6.10 Å². The number of rotatable bonds is 1. The zero-order valence-corrected chi connectivity index (χ0v) is 8.79. The van der Waals surface area contributed by atoms with E-state index < -0.39 is 0 Å². The molecule has 1 heterocycles. The standard InChI is InChI=1S/C12H17NO/c1-9-4-3-5-11(6-9)12-7-13-10(2)8-14-12/h3-6,10,12-13H,7-8H2,1-2H3/t10-,12-/m0/s1. The molecule has 76 valence electrons. The molecule has 14 heavy (non-hydrogen) atoms. The lowest BCUT2D eigenvalue weighted by molar-refractivity contribution is 0.00693. The van der Waals surface area contributed by atoms with E-state index in [0.717, 1.165) is 13.2 Å². The number of ether oxygens (including phenoxy) is 1. The molecule has 1 saturated heterocycles. The topological polar surface area (TPSA) is 21.3 Å². The summed E-state index contributed by atoms with van der Waals surface area (Å²) in [5, 5.41) is 3.42. The van der Waals surface area contributed by atoms with Gasteiger partial charge in [-0.05, 0) is 19.4 Å². The van der Waals surface area contributed by atoms with Crippen molar-refractivity contribution in [2.24, 2.45) is 0 Å². The number of hydrogen-bond donors (Lipinski definition) is 1.